The number of nitrogens with one attached hydrogen (secondary N) is 1. The van der Waals surface area contributed by atoms with E-state index in [9.17, 15) is 4.79 Å². The summed E-state index contributed by atoms with van der Waals surface area (Å²) < 4.78 is 6.67. The van der Waals surface area contributed by atoms with Gasteiger partial charge in [-0.3, -0.25) is 4.79 Å². The Hall–Kier alpha value is -2.74. The molecule has 3 aromatic rings. The van der Waals surface area contributed by atoms with Gasteiger partial charge >= 0.3 is 0 Å². The molecule has 3 N–H and O–H groups in total. The number of carbonyl (C=O) groups excluding carboxylic acids is 1. The number of rotatable bonds is 5. The van der Waals surface area contributed by atoms with Crippen LogP contribution in [-0.2, 0) is 10.2 Å². The molecule has 1 atom stereocenters. The van der Waals surface area contributed by atoms with Gasteiger partial charge in [-0.25, -0.2) is 4.68 Å². The smallest absolute Gasteiger partial charge is 0.237 e. The minimum Gasteiger partial charge on any atom is -0.469 e. The monoisotopic (exact) mass is 399 g/mol. The number of carbonyl (C=O) groups is 1. The van der Waals surface area contributed by atoms with Gasteiger partial charge in [0.25, 0.3) is 0 Å². The zero-order valence-corrected chi connectivity index (χ0v) is 17.5. The van der Waals surface area contributed by atoms with E-state index in [1.54, 1.807) is 19.3 Å². The van der Waals surface area contributed by atoms with Gasteiger partial charge in [0.2, 0.25) is 11.1 Å². The molecule has 0 aliphatic heterocycles. The summed E-state index contributed by atoms with van der Waals surface area (Å²) in [5.41, 5.74) is 2.82. The molecule has 8 heteroatoms. The molecule has 3 rings (SSSR count). The van der Waals surface area contributed by atoms with Gasteiger partial charge in [0.1, 0.15) is 5.76 Å². The van der Waals surface area contributed by atoms with Crippen LogP contribution >= 0.6 is 11.8 Å². The molecule has 1 unspecified atom stereocenters. The van der Waals surface area contributed by atoms with Gasteiger partial charge in [0.15, 0.2) is 5.82 Å². The van der Waals surface area contributed by atoms with Crippen molar-refractivity contribution in [2.45, 2.75) is 50.4 Å². The maximum atomic E-state index is 12.6. The Kier molecular flexibility index (Phi) is 5.51. The number of aryl methyl sites for hydroxylation is 1. The first kappa shape index (κ1) is 20.0. The van der Waals surface area contributed by atoms with E-state index in [2.05, 4.69) is 36.3 Å². The van der Waals surface area contributed by atoms with Crippen LogP contribution in [0.2, 0.25) is 0 Å². The Balaban J connectivity index is 1.66. The van der Waals surface area contributed by atoms with E-state index in [4.69, 9.17) is 10.3 Å². The fraction of sp³-hybridized carbons (Fsp3) is 0.350. The number of nitrogens with zero attached hydrogens (tertiary/aromatic N) is 3. The average Bonchev–Trinajstić information content (AvgIpc) is 3.20. The number of benzene rings is 1. The molecule has 0 spiro atoms. The third kappa shape index (κ3) is 4.22. The lowest BCUT2D eigenvalue weighted by Crippen LogP contribution is -2.23. The van der Waals surface area contributed by atoms with Crippen LogP contribution in [0.3, 0.4) is 0 Å². The topological polar surface area (TPSA) is 99.0 Å². The van der Waals surface area contributed by atoms with Crippen LogP contribution in [0.5, 0.6) is 0 Å². The SMILES string of the molecule is Cc1occc1-c1nnc(SC(C)C(=O)Nc2ccc(C(C)(C)C)cc2)n1N. The van der Waals surface area contributed by atoms with Crippen LogP contribution in [-0.4, -0.2) is 26.0 Å². The third-order valence-corrected chi connectivity index (χ3v) is 5.49. The quantitative estimate of drug-likeness (QED) is 0.497. The fourth-order valence-corrected chi connectivity index (χ4v) is 3.44. The summed E-state index contributed by atoms with van der Waals surface area (Å²) in [6, 6.07) is 9.68. The summed E-state index contributed by atoms with van der Waals surface area (Å²) in [6.07, 6.45) is 1.58. The van der Waals surface area contributed by atoms with Gasteiger partial charge in [-0.1, -0.05) is 44.7 Å². The Labute approximate surface area is 168 Å². The molecule has 0 fully saturated rings. The molecule has 28 heavy (non-hydrogen) atoms. The number of aromatic nitrogens is 3. The maximum Gasteiger partial charge on any atom is 0.237 e. The van der Waals surface area contributed by atoms with Crippen molar-refractivity contribution in [3.63, 3.8) is 0 Å². The molecule has 0 aliphatic rings. The van der Waals surface area contributed by atoms with E-state index in [1.807, 2.05) is 31.2 Å². The number of hydrogen-bond donors (Lipinski definition) is 2. The van der Waals surface area contributed by atoms with Crippen LogP contribution in [0.4, 0.5) is 5.69 Å². The van der Waals surface area contributed by atoms with Crippen LogP contribution in [0.1, 0.15) is 39.0 Å². The van der Waals surface area contributed by atoms with Crippen LogP contribution < -0.4 is 11.2 Å². The Morgan fingerprint density at radius 3 is 2.46 bits per heavy atom. The lowest BCUT2D eigenvalue weighted by Gasteiger charge is -2.19. The van der Waals surface area contributed by atoms with Crippen molar-refractivity contribution < 1.29 is 9.21 Å². The Bertz CT molecular complexity index is 969. The van der Waals surface area contributed by atoms with Crippen molar-refractivity contribution >= 4 is 23.4 Å². The molecule has 0 aliphatic carbocycles. The van der Waals surface area contributed by atoms with Gasteiger partial charge < -0.3 is 15.6 Å². The summed E-state index contributed by atoms with van der Waals surface area (Å²) in [4.78, 5) is 12.6. The van der Waals surface area contributed by atoms with E-state index in [1.165, 1.54) is 22.0 Å². The zero-order valence-electron chi connectivity index (χ0n) is 16.7. The van der Waals surface area contributed by atoms with E-state index in [0.717, 1.165) is 11.3 Å². The molecular weight excluding hydrogens is 374 g/mol. The predicted molar refractivity (Wildman–Crippen MR) is 112 cm³/mol. The minimum atomic E-state index is -0.396. The van der Waals surface area contributed by atoms with E-state index in [0.29, 0.717) is 16.7 Å². The normalized spacial score (nSPS) is 12.8. The van der Waals surface area contributed by atoms with Crippen molar-refractivity contribution in [1.29, 1.82) is 0 Å². The van der Waals surface area contributed by atoms with Crippen LogP contribution in [0, 0.1) is 6.92 Å². The predicted octanol–water partition coefficient (Wildman–Crippen LogP) is 3.98. The molecule has 0 saturated carbocycles. The molecule has 0 bridgehead atoms. The third-order valence-electron chi connectivity index (χ3n) is 4.43. The number of amides is 1. The van der Waals surface area contributed by atoms with Gasteiger partial charge in [0, 0.05) is 5.69 Å². The van der Waals surface area contributed by atoms with Crippen molar-refractivity contribution in [2.24, 2.45) is 0 Å². The lowest BCUT2D eigenvalue weighted by molar-refractivity contribution is -0.115. The second kappa shape index (κ2) is 7.71. The summed E-state index contributed by atoms with van der Waals surface area (Å²) >= 11 is 1.25. The number of anilines is 1. The number of nitrogens with two attached hydrogens (primary N) is 1. The first-order valence-corrected chi connectivity index (χ1v) is 9.88. The number of nitrogen functional groups attached to an aromatic ring is 1. The van der Waals surface area contributed by atoms with E-state index < -0.39 is 5.25 Å². The molecule has 7 nitrogen and oxygen atoms in total. The van der Waals surface area contributed by atoms with Crippen LogP contribution in [0.15, 0.2) is 46.2 Å². The number of thioether (sulfide) groups is 1. The molecule has 2 aromatic heterocycles. The summed E-state index contributed by atoms with van der Waals surface area (Å²) in [6.45, 7) is 10.1. The van der Waals surface area contributed by atoms with Crippen molar-refractivity contribution in [3.05, 3.63) is 47.9 Å². The second-order valence-corrected chi connectivity index (χ2v) is 8.95. The van der Waals surface area contributed by atoms with Gasteiger partial charge in [-0.2, -0.15) is 0 Å². The molecule has 1 aromatic carbocycles. The number of hydrogen-bond acceptors (Lipinski definition) is 6. The molecular formula is C20H25N5O2S. The summed E-state index contributed by atoms with van der Waals surface area (Å²) in [5.74, 6) is 7.20. The highest BCUT2D eigenvalue weighted by molar-refractivity contribution is 8.00. The summed E-state index contributed by atoms with van der Waals surface area (Å²) in [5, 5.41) is 11.2. The standard InChI is InChI=1S/C20H25N5O2S/c1-12-16(10-11-27-12)17-23-24-19(25(17)21)28-13(2)18(26)22-15-8-6-14(7-9-15)20(3,4)5/h6-11,13H,21H2,1-5H3,(H,22,26). The minimum absolute atomic E-state index is 0.0714. The van der Waals surface area contributed by atoms with E-state index >= 15 is 0 Å². The molecule has 1 amide bonds. The average molecular weight is 400 g/mol. The Morgan fingerprint density at radius 1 is 1.21 bits per heavy atom. The highest BCUT2D eigenvalue weighted by Crippen LogP contribution is 2.28. The Morgan fingerprint density at radius 2 is 1.89 bits per heavy atom. The fourth-order valence-electron chi connectivity index (χ4n) is 2.67. The van der Waals surface area contributed by atoms with Gasteiger partial charge in [-0.05, 0) is 43.0 Å². The maximum absolute atomic E-state index is 12.6. The van der Waals surface area contributed by atoms with Crippen molar-refractivity contribution in [1.82, 2.24) is 14.9 Å². The second-order valence-electron chi connectivity index (χ2n) is 7.64. The van der Waals surface area contributed by atoms with Crippen molar-refractivity contribution in [3.8, 4) is 11.4 Å². The van der Waals surface area contributed by atoms with Gasteiger partial charge in [0.05, 0.1) is 17.1 Å². The zero-order chi connectivity index (χ0) is 20.5. The molecule has 2 heterocycles. The number of furan rings is 1. The lowest BCUT2D eigenvalue weighted by atomic mass is 9.87. The highest BCUT2D eigenvalue weighted by Gasteiger charge is 2.21. The molecule has 0 radical (unpaired) electrons. The van der Waals surface area contributed by atoms with Crippen molar-refractivity contribution in [2.75, 3.05) is 11.2 Å². The van der Waals surface area contributed by atoms with Crippen LogP contribution in [0.25, 0.3) is 11.4 Å². The first-order valence-electron chi connectivity index (χ1n) is 9.00. The van der Waals surface area contributed by atoms with E-state index in [-0.39, 0.29) is 11.3 Å². The molecule has 148 valence electrons. The molecule has 0 saturated heterocycles. The first-order chi connectivity index (χ1) is 13.2. The summed E-state index contributed by atoms with van der Waals surface area (Å²) in [7, 11) is 0. The highest BCUT2D eigenvalue weighted by atomic mass is 32.2. The largest absolute Gasteiger partial charge is 0.469 e. The van der Waals surface area contributed by atoms with Gasteiger partial charge in [-0.15, -0.1) is 10.2 Å².